The minimum absolute atomic E-state index is 0.131. The molecule has 0 spiro atoms. The van der Waals surface area contributed by atoms with Crippen LogP contribution in [0.1, 0.15) is 65.2 Å². The first-order valence-electron chi connectivity index (χ1n) is 12.1. The van der Waals surface area contributed by atoms with Gasteiger partial charge in [0, 0.05) is 17.5 Å². The molecule has 1 heterocycles. The topological polar surface area (TPSA) is 70.0 Å². The third kappa shape index (κ3) is 2.61. The van der Waals surface area contributed by atoms with Crippen molar-refractivity contribution in [2.24, 2.45) is 34.5 Å². The summed E-state index contributed by atoms with van der Waals surface area (Å²) in [5, 5.41) is 22.9. The molecule has 0 amide bonds. The second-order valence-electron chi connectivity index (χ2n) is 11.8. The van der Waals surface area contributed by atoms with Crippen molar-refractivity contribution < 1.29 is 19.7 Å². The van der Waals surface area contributed by atoms with Crippen molar-refractivity contribution >= 4 is 5.97 Å². The van der Waals surface area contributed by atoms with Crippen molar-refractivity contribution in [1.29, 1.82) is 0 Å². The fourth-order valence-corrected chi connectivity index (χ4v) is 9.22. The monoisotopic (exact) mass is 417 g/mol. The van der Waals surface area contributed by atoms with Crippen LogP contribution in [-0.2, 0) is 9.53 Å². The molecule has 4 aliphatic carbocycles. The highest BCUT2D eigenvalue weighted by molar-refractivity contribution is 5.85. The molecule has 2 N–H and O–H groups in total. The van der Waals surface area contributed by atoms with Crippen LogP contribution in [0, 0.1) is 34.5 Å². The van der Waals surface area contributed by atoms with Gasteiger partial charge in [-0.05, 0) is 100 Å². The van der Waals surface area contributed by atoms with Gasteiger partial charge in [0.05, 0.1) is 11.7 Å². The van der Waals surface area contributed by atoms with Gasteiger partial charge in [0.25, 0.3) is 0 Å². The highest BCUT2D eigenvalue weighted by Gasteiger charge is 2.69. The van der Waals surface area contributed by atoms with Gasteiger partial charge in [-0.3, -0.25) is 0 Å². The van der Waals surface area contributed by atoms with E-state index in [1.54, 1.807) is 6.08 Å². The molecule has 1 unspecified atom stereocenters. The van der Waals surface area contributed by atoms with Crippen LogP contribution in [0.2, 0.25) is 0 Å². The van der Waals surface area contributed by atoms with Gasteiger partial charge in [0.15, 0.2) is 0 Å². The van der Waals surface area contributed by atoms with E-state index in [1.165, 1.54) is 0 Å². The molecule has 0 aromatic carbocycles. The molecule has 4 saturated carbocycles. The Kier molecular flexibility index (Phi) is 4.75. The van der Waals surface area contributed by atoms with E-state index in [2.05, 4.69) is 32.8 Å². The van der Waals surface area contributed by atoms with Crippen LogP contribution >= 0.6 is 0 Å². The Morgan fingerprint density at radius 2 is 1.83 bits per heavy atom. The van der Waals surface area contributed by atoms with Crippen molar-refractivity contribution in [3.8, 4) is 0 Å². The van der Waals surface area contributed by atoms with Crippen LogP contribution in [0.5, 0.6) is 0 Å². The Bertz CT molecular complexity index is 764. The second kappa shape index (κ2) is 6.79. The van der Waals surface area contributed by atoms with Crippen molar-refractivity contribution in [3.05, 3.63) is 11.6 Å². The molecule has 4 fully saturated rings. The van der Waals surface area contributed by atoms with Gasteiger partial charge >= 0.3 is 5.97 Å². The van der Waals surface area contributed by atoms with Gasteiger partial charge in [0.2, 0.25) is 0 Å². The molecule has 5 rings (SSSR count). The average molecular weight is 418 g/mol. The van der Waals surface area contributed by atoms with Crippen molar-refractivity contribution in [3.63, 3.8) is 0 Å². The smallest absolute Gasteiger partial charge is 0.331 e. The minimum Gasteiger partial charge on any atom is -0.458 e. The molecule has 0 saturated heterocycles. The number of fused-ring (bicyclic) bond motifs is 5. The number of aliphatic hydroxyl groups excluding tert-OH is 1. The molecule has 1 aliphatic heterocycles. The minimum atomic E-state index is -0.673. The number of hydrogen-bond donors (Lipinski definition) is 2. The summed E-state index contributed by atoms with van der Waals surface area (Å²) in [6.07, 6.45) is 9.33. The number of carbonyl (C=O) groups excluding carboxylic acids is 1. The number of aliphatic hydroxyl groups is 2. The number of esters is 1. The largest absolute Gasteiger partial charge is 0.458 e. The predicted molar refractivity (Wildman–Crippen MR) is 115 cm³/mol. The van der Waals surface area contributed by atoms with Gasteiger partial charge in [-0.2, -0.15) is 0 Å². The zero-order valence-electron chi connectivity index (χ0n) is 19.1. The van der Waals surface area contributed by atoms with Crippen LogP contribution in [0.15, 0.2) is 11.6 Å². The summed E-state index contributed by atoms with van der Waals surface area (Å²) in [5.41, 5.74) is 0.378. The lowest BCUT2D eigenvalue weighted by molar-refractivity contribution is -0.221. The first kappa shape index (κ1) is 21.0. The fraction of sp³-hybridized carbons (Fsp3) is 0.880. The van der Waals surface area contributed by atoms with Crippen LogP contribution in [0.25, 0.3) is 0 Å². The van der Waals surface area contributed by atoms with Crippen LogP contribution in [0.3, 0.4) is 0 Å². The number of hydrogen-bond acceptors (Lipinski definition) is 5. The molecule has 9 atom stereocenters. The predicted octanol–water partition coefficient (Wildman–Crippen LogP) is 3.14. The Balaban J connectivity index is 1.50. The number of cyclic esters (lactones) is 1. The van der Waals surface area contributed by atoms with Crippen molar-refractivity contribution in [2.45, 2.75) is 83.0 Å². The zero-order chi connectivity index (χ0) is 21.5. The number of rotatable bonds is 2. The third-order valence-electron chi connectivity index (χ3n) is 10.7. The average Bonchev–Trinajstić information content (AvgIpc) is 3.22. The first-order valence-corrected chi connectivity index (χ1v) is 12.1. The molecule has 5 nitrogen and oxygen atoms in total. The Morgan fingerprint density at radius 1 is 1.07 bits per heavy atom. The van der Waals surface area contributed by atoms with E-state index in [-0.39, 0.29) is 28.8 Å². The molecular formula is C25H39NO4. The molecule has 5 aliphatic rings. The molecule has 168 valence electrons. The van der Waals surface area contributed by atoms with E-state index in [4.69, 9.17) is 4.74 Å². The highest BCUT2D eigenvalue weighted by atomic mass is 16.5. The Morgan fingerprint density at radius 3 is 2.50 bits per heavy atom. The van der Waals surface area contributed by atoms with Gasteiger partial charge in [0.1, 0.15) is 6.61 Å². The molecule has 0 bridgehead atoms. The van der Waals surface area contributed by atoms with E-state index in [0.29, 0.717) is 30.4 Å². The van der Waals surface area contributed by atoms with E-state index in [0.717, 1.165) is 56.9 Å². The van der Waals surface area contributed by atoms with E-state index < -0.39 is 5.60 Å². The second-order valence-corrected chi connectivity index (χ2v) is 11.8. The normalized spacial score (nSPS) is 53.0. The zero-order valence-corrected chi connectivity index (χ0v) is 19.1. The molecule has 5 heteroatoms. The fourth-order valence-electron chi connectivity index (χ4n) is 9.22. The van der Waals surface area contributed by atoms with Gasteiger partial charge in [-0.1, -0.05) is 13.8 Å². The Labute approximate surface area is 180 Å². The summed E-state index contributed by atoms with van der Waals surface area (Å²) in [4.78, 5) is 14.1. The number of nitrogens with zero attached hydrogens (tertiary/aromatic N) is 1. The van der Waals surface area contributed by atoms with Gasteiger partial charge in [-0.25, -0.2) is 4.79 Å². The number of ether oxygens (including phenoxy) is 1. The maximum atomic E-state index is 12.3. The summed E-state index contributed by atoms with van der Waals surface area (Å²) < 4.78 is 5.24. The van der Waals surface area contributed by atoms with Crippen molar-refractivity contribution in [2.75, 3.05) is 20.7 Å². The number of carbonyl (C=O) groups is 1. The molecular weight excluding hydrogens is 378 g/mol. The van der Waals surface area contributed by atoms with Crippen molar-refractivity contribution in [1.82, 2.24) is 4.90 Å². The lowest BCUT2D eigenvalue weighted by atomic mass is 9.42. The van der Waals surface area contributed by atoms with Crippen LogP contribution in [-0.4, -0.2) is 59.5 Å². The summed E-state index contributed by atoms with van der Waals surface area (Å²) in [5.74, 6) is 1.35. The summed E-state index contributed by atoms with van der Waals surface area (Å²) >= 11 is 0. The summed E-state index contributed by atoms with van der Waals surface area (Å²) in [6, 6.07) is 0.354. The molecule has 30 heavy (non-hydrogen) atoms. The summed E-state index contributed by atoms with van der Waals surface area (Å²) in [6.45, 7) is 5.16. The summed E-state index contributed by atoms with van der Waals surface area (Å²) in [7, 11) is 4.32. The van der Waals surface area contributed by atoms with Crippen LogP contribution in [0.4, 0.5) is 0 Å². The lowest BCUT2D eigenvalue weighted by Crippen LogP contribution is -2.66. The first-order chi connectivity index (χ1) is 14.1. The quantitative estimate of drug-likeness (QED) is 0.676. The lowest BCUT2D eigenvalue weighted by Gasteiger charge is -2.66. The molecule has 0 radical (unpaired) electrons. The van der Waals surface area contributed by atoms with E-state index >= 15 is 0 Å². The highest BCUT2D eigenvalue weighted by Crippen LogP contribution is 2.70. The standard InChI is InChI=1S/C25H39NO4/c1-23-9-7-19-20(25(23,29)10-8-18(23)15-11-22(28)30-14-15)6-5-16-12-17(27)13-21(26(3)4)24(16,19)2/h11,16-21,27,29H,5-10,12-14H2,1-4H3/t16-,17+,18-,19+,20-,21?,23-,24+,25+/m1/s1. The maximum absolute atomic E-state index is 12.3. The SMILES string of the molecule is CN(C)C1C[C@@H](O)C[C@H]2CC[C@@H]3[C@H](CC[C@]4(C)[C@@H](C5=CC(=O)OC5)CC[C@]34O)[C@@]12C. The Hall–Kier alpha value is -0.910. The van der Waals surface area contributed by atoms with Crippen LogP contribution < -0.4 is 0 Å². The van der Waals surface area contributed by atoms with Gasteiger partial charge < -0.3 is 19.8 Å². The molecule has 0 aromatic rings. The molecule has 0 aromatic heterocycles. The van der Waals surface area contributed by atoms with E-state index in [1.807, 2.05) is 0 Å². The maximum Gasteiger partial charge on any atom is 0.331 e. The van der Waals surface area contributed by atoms with Gasteiger partial charge in [-0.15, -0.1) is 0 Å². The van der Waals surface area contributed by atoms with E-state index in [9.17, 15) is 15.0 Å². The third-order valence-corrected chi connectivity index (χ3v) is 10.7.